The number of hydrogen-bond acceptors (Lipinski definition) is 4. The molecule has 21 heavy (non-hydrogen) atoms. The molecule has 0 spiro atoms. The normalized spacial score (nSPS) is 16.1. The summed E-state index contributed by atoms with van der Waals surface area (Å²) in [5.74, 6) is -0.0992. The molecule has 5 heteroatoms. The molecule has 0 aliphatic carbocycles. The lowest BCUT2D eigenvalue weighted by Gasteiger charge is -2.24. The predicted molar refractivity (Wildman–Crippen MR) is 82.2 cm³/mol. The Labute approximate surface area is 125 Å². The first kappa shape index (κ1) is 15.8. The smallest absolute Gasteiger partial charge is 0.335 e. The highest BCUT2D eigenvalue weighted by molar-refractivity contribution is 5.89. The molecule has 0 bridgehead atoms. The number of nitrogens with one attached hydrogen (secondary N) is 1. The summed E-state index contributed by atoms with van der Waals surface area (Å²) in [5.41, 5.74) is 1.21. The molecule has 116 valence electrons. The summed E-state index contributed by atoms with van der Waals surface area (Å²) in [5, 5.41) is 12.6. The van der Waals surface area contributed by atoms with Crippen molar-refractivity contribution in [3.05, 3.63) is 29.3 Å². The predicted octanol–water partition coefficient (Wildman–Crippen LogP) is 1.62. The van der Waals surface area contributed by atoms with Gasteiger partial charge < -0.3 is 20.1 Å². The van der Waals surface area contributed by atoms with Gasteiger partial charge in [0, 0.05) is 6.54 Å². The average Bonchev–Trinajstić information content (AvgIpc) is 2.46. The number of hydrogen-bond donors (Lipinski definition) is 2. The van der Waals surface area contributed by atoms with Crippen LogP contribution >= 0.6 is 0 Å². The molecule has 2 rings (SSSR count). The molecule has 5 nitrogen and oxygen atoms in total. The molecular weight excluding hydrogens is 268 g/mol. The van der Waals surface area contributed by atoms with Crippen LogP contribution in [0.15, 0.2) is 18.2 Å². The largest absolute Gasteiger partial charge is 0.490 e. The first-order chi connectivity index (χ1) is 10.1. The van der Waals surface area contributed by atoms with E-state index >= 15 is 0 Å². The molecular formula is C16H24N2O3. The first-order valence-electron chi connectivity index (χ1n) is 7.44. The monoisotopic (exact) mass is 292 g/mol. The number of piperidine rings is 1. The van der Waals surface area contributed by atoms with Crippen LogP contribution in [0.1, 0.15) is 28.8 Å². The molecule has 0 unspecified atom stereocenters. The van der Waals surface area contributed by atoms with E-state index < -0.39 is 5.97 Å². The van der Waals surface area contributed by atoms with Gasteiger partial charge in [0.15, 0.2) is 0 Å². The van der Waals surface area contributed by atoms with Gasteiger partial charge in [0.25, 0.3) is 0 Å². The maximum absolute atomic E-state index is 11.3. The Balaban J connectivity index is 2.11. The van der Waals surface area contributed by atoms with E-state index in [2.05, 4.69) is 5.32 Å². The zero-order chi connectivity index (χ0) is 15.2. The van der Waals surface area contributed by atoms with E-state index in [0.717, 1.165) is 43.8 Å². The number of ether oxygens (including phenoxy) is 1. The summed E-state index contributed by atoms with van der Waals surface area (Å²) < 4.78 is 5.99. The van der Waals surface area contributed by atoms with Crippen molar-refractivity contribution in [3.63, 3.8) is 0 Å². The molecule has 1 aromatic carbocycles. The minimum atomic E-state index is -0.878. The molecule has 0 atom stereocenters. The maximum Gasteiger partial charge on any atom is 0.335 e. The lowest BCUT2D eigenvalue weighted by Crippen LogP contribution is -2.34. The van der Waals surface area contributed by atoms with Crippen LogP contribution in [0, 0.1) is 0 Å². The van der Waals surface area contributed by atoms with Crippen LogP contribution in [0.25, 0.3) is 0 Å². The quantitative estimate of drug-likeness (QED) is 0.834. The third-order valence-electron chi connectivity index (χ3n) is 3.72. The van der Waals surface area contributed by atoms with E-state index in [4.69, 9.17) is 4.74 Å². The standard InChI is InChI=1S/C16H24N2O3/c1-18(2)10-7-12-11-14(3-4-15(12)16(19)20)21-13-5-8-17-9-6-13/h3-4,11,13,17H,5-10H2,1-2H3,(H,19,20). The second-order valence-electron chi connectivity index (χ2n) is 5.74. The van der Waals surface area contributed by atoms with Gasteiger partial charge >= 0.3 is 5.97 Å². The summed E-state index contributed by atoms with van der Waals surface area (Å²) in [6.07, 6.45) is 2.92. The molecule has 1 heterocycles. The molecule has 1 aliphatic rings. The van der Waals surface area contributed by atoms with Gasteiger partial charge in [-0.3, -0.25) is 0 Å². The van der Waals surface area contributed by atoms with Crippen LogP contribution in [0.5, 0.6) is 5.75 Å². The van der Waals surface area contributed by atoms with Crippen molar-refractivity contribution in [2.24, 2.45) is 0 Å². The minimum Gasteiger partial charge on any atom is -0.490 e. The van der Waals surface area contributed by atoms with Crippen LogP contribution in [-0.2, 0) is 6.42 Å². The van der Waals surface area contributed by atoms with Gasteiger partial charge in [-0.05, 0) is 70.2 Å². The fourth-order valence-corrected chi connectivity index (χ4v) is 2.51. The van der Waals surface area contributed by atoms with Gasteiger partial charge in [-0.1, -0.05) is 0 Å². The van der Waals surface area contributed by atoms with E-state index in [1.165, 1.54) is 0 Å². The second kappa shape index (κ2) is 7.43. The lowest BCUT2D eigenvalue weighted by atomic mass is 10.0. The Morgan fingerprint density at radius 2 is 2.10 bits per heavy atom. The van der Waals surface area contributed by atoms with Crippen LogP contribution in [0.3, 0.4) is 0 Å². The van der Waals surface area contributed by atoms with Gasteiger partial charge in [-0.25, -0.2) is 4.79 Å². The topological polar surface area (TPSA) is 61.8 Å². The van der Waals surface area contributed by atoms with Crippen LogP contribution in [0.4, 0.5) is 0 Å². The SMILES string of the molecule is CN(C)CCc1cc(OC2CCNCC2)ccc1C(=O)O. The van der Waals surface area contributed by atoms with Gasteiger partial charge in [-0.15, -0.1) is 0 Å². The Bertz CT molecular complexity index is 482. The lowest BCUT2D eigenvalue weighted by molar-refractivity contribution is 0.0695. The van der Waals surface area contributed by atoms with Crippen molar-refractivity contribution in [2.75, 3.05) is 33.7 Å². The van der Waals surface area contributed by atoms with Gasteiger partial charge in [0.1, 0.15) is 11.9 Å². The summed E-state index contributed by atoms with van der Waals surface area (Å²) in [7, 11) is 3.96. The third-order valence-corrected chi connectivity index (χ3v) is 3.72. The molecule has 0 radical (unpaired) electrons. The zero-order valence-corrected chi connectivity index (χ0v) is 12.8. The van der Waals surface area contributed by atoms with Crippen molar-refractivity contribution in [2.45, 2.75) is 25.4 Å². The first-order valence-corrected chi connectivity index (χ1v) is 7.44. The van der Waals surface area contributed by atoms with Crippen LogP contribution in [-0.4, -0.2) is 55.8 Å². The van der Waals surface area contributed by atoms with Gasteiger partial charge in [-0.2, -0.15) is 0 Å². The molecule has 2 N–H and O–H groups in total. The summed E-state index contributed by atoms with van der Waals surface area (Å²) in [6.45, 7) is 2.77. The van der Waals surface area contributed by atoms with E-state index in [1.54, 1.807) is 12.1 Å². The number of aromatic carboxylic acids is 1. The molecule has 0 aromatic heterocycles. The minimum absolute atomic E-state index is 0.226. The Hall–Kier alpha value is -1.59. The number of nitrogens with zero attached hydrogens (tertiary/aromatic N) is 1. The zero-order valence-electron chi connectivity index (χ0n) is 12.8. The number of carboxylic acid groups (broad SMARTS) is 1. The highest BCUT2D eigenvalue weighted by Gasteiger charge is 2.16. The van der Waals surface area contributed by atoms with Gasteiger partial charge in [0.2, 0.25) is 0 Å². The third kappa shape index (κ3) is 4.72. The summed E-state index contributed by atoms with van der Waals surface area (Å²) in [4.78, 5) is 13.4. The molecule has 1 aromatic rings. The van der Waals surface area contributed by atoms with Crippen molar-refractivity contribution in [1.29, 1.82) is 0 Å². The molecule has 0 amide bonds. The molecule has 1 aliphatic heterocycles. The fourth-order valence-electron chi connectivity index (χ4n) is 2.51. The van der Waals surface area contributed by atoms with E-state index in [1.807, 2.05) is 25.1 Å². The summed E-state index contributed by atoms with van der Waals surface area (Å²) in [6, 6.07) is 5.31. The number of benzene rings is 1. The van der Waals surface area contributed by atoms with Crippen molar-refractivity contribution < 1.29 is 14.6 Å². The highest BCUT2D eigenvalue weighted by Crippen LogP contribution is 2.22. The van der Waals surface area contributed by atoms with Crippen molar-refractivity contribution in [1.82, 2.24) is 10.2 Å². The number of carboxylic acids is 1. The Morgan fingerprint density at radius 1 is 1.38 bits per heavy atom. The van der Waals surface area contributed by atoms with E-state index in [9.17, 15) is 9.90 Å². The van der Waals surface area contributed by atoms with Crippen molar-refractivity contribution >= 4 is 5.97 Å². The van der Waals surface area contributed by atoms with Crippen LogP contribution in [0.2, 0.25) is 0 Å². The maximum atomic E-state index is 11.3. The van der Waals surface area contributed by atoms with E-state index in [-0.39, 0.29) is 6.10 Å². The summed E-state index contributed by atoms with van der Waals surface area (Å²) >= 11 is 0. The van der Waals surface area contributed by atoms with E-state index in [0.29, 0.717) is 12.0 Å². The molecule has 1 saturated heterocycles. The van der Waals surface area contributed by atoms with Crippen LogP contribution < -0.4 is 10.1 Å². The fraction of sp³-hybridized carbons (Fsp3) is 0.562. The number of likely N-dealkylation sites (N-methyl/N-ethyl adjacent to an activating group) is 1. The number of carbonyl (C=O) groups is 1. The van der Waals surface area contributed by atoms with Gasteiger partial charge in [0.05, 0.1) is 5.56 Å². The molecule has 1 fully saturated rings. The van der Waals surface area contributed by atoms with Crippen molar-refractivity contribution in [3.8, 4) is 5.75 Å². The average molecular weight is 292 g/mol. The Kier molecular flexibility index (Phi) is 5.59. The number of rotatable bonds is 6. The molecule has 0 saturated carbocycles. The highest BCUT2D eigenvalue weighted by atomic mass is 16.5. The second-order valence-corrected chi connectivity index (χ2v) is 5.74. The Morgan fingerprint density at radius 3 is 2.71 bits per heavy atom.